The molecule has 0 bridgehead atoms. The van der Waals surface area contributed by atoms with Crippen LogP contribution in [-0.4, -0.2) is 32.8 Å². The molecule has 120 valence electrons. The molecule has 2 rings (SSSR count). The van der Waals surface area contributed by atoms with Gasteiger partial charge >= 0.3 is 5.97 Å². The highest BCUT2D eigenvalue weighted by Gasteiger charge is 2.30. The number of rotatable bonds is 7. The largest absolute Gasteiger partial charge is 0.465 e. The lowest BCUT2D eigenvalue weighted by atomic mass is 10.0. The Labute approximate surface area is 130 Å². The first-order valence-corrected chi connectivity index (χ1v) is 7.50. The highest BCUT2D eigenvalue weighted by Crippen LogP contribution is 2.39. The van der Waals surface area contributed by atoms with Gasteiger partial charge in [0.2, 0.25) is 6.29 Å². The van der Waals surface area contributed by atoms with Crippen LogP contribution in [0.15, 0.2) is 24.3 Å². The van der Waals surface area contributed by atoms with E-state index < -0.39 is 6.29 Å². The van der Waals surface area contributed by atoms with Crippen LogP contribution in [-0.2, 0) is 14.2 Å². The van der Waals surface area contributed by atoms with Gasteiger partial charge in [0.15, 0.2) is 6.79 Å². The van der Waals surface area contributed by atoms with E-state index >= 15 is 0 Å². The predicted molar refractivity (Wildman–Crippen MR) is 82.7 cm³/mol. The molecule has 0 aromatic heterocycles. The zero-order chi connectivity index (χ0) is 15.9. The minimum atomic E-state index is -0.499. The molecule has 0 amide bonds. The van der Waals surface area contributed by atoms with Gasteiger partial charge in [-0.25, -0.2) is 4.79 Å². The summed E-state index contributed by atoms with van der Waals surface area (Å²) in [7, 11) is 1.37. The molecule has 0 spiro atoms. The molecular weight excluding hydrogens is 284 g/mol. The Balaban J connectivity index is 2.26. The molecule has 1 heterocycles. The average molecular weight is 306 g/mol. The van der Waals surface area contributed by atoms with E-state index in [1.807, 2.05) is 6.92 Å². The van der Waals surface area contributed by atoms with E-state index in [9.17, 15) is 4.79 Å². The smallest absolute Gasteiger partial charge is 0.337 e. The molecule has 0 N–H and O–H groups in total. The number of allylic oxidation sites excluding steroid dienone is 1. The van der Waals surface area contributed by atoms with Crippen LogP contribution in [0.2, 0.25) is 0 Å². The third-order valence-corrected chi connectivity index (χ3v) is 3.36. The van der Waals surface area contributed by atoms with E-state index in [1.54, 1.807) is 18.2 Å². The number of unbranched alkanes of at least 4 members (excludes halogenated alkanes) is 1. The second kappa shape index (κ2) is 7.96. The lowest BCUT2D eigenvalue weighted by Crippen LogP contribution is -2.18. The highest BCUT2D eigenvalue weighted by molar-refractivity contribution is 5.92. The fourth-order valence-electron chi connectivity index (χ4n) is 2.23. The normalized spacial score (nSPS) is 18.1. The topological polar surface area (TPSA) is 54.0 Å². The maximum atomic E-state index is 11.7. The Morgan fingerprint density at radius 1 is 1.36 bits per heavy atom. The van der Waals surface area contributed by atoms with E-state index in [4.69, 9.17) is 18.9 Å². The van der Waals surface area contributed by atoms with Crippen LogP contribution in [0.4, 0.5) is 0 Å². The van der Waals surface area contributed by atoms with Crippen LogP contribution in [0.25, 0.3) is 5.57 Å². The minimum Gasteiger partial charge on any atom is -0.465 e. The van der Waals surface area contributed by atoms with Crippen molar-refractivity contribution in [3.05, 3.63) is 35.4 Å². The van der Waals surface area contributed by atoms with Crippen molar-refractivity contribution in [1.29, 1.82) is 0 Å². The fourth-order valence-corrected chi connectivity index (χ4v) is 2.23. The van der Waals surface area contributed by atoms with E-state index in [0.29, 0.717) is 17.9 Å². The third-order valence-electron chi connectivity index (χ3n) is 3.36. The molecule has 0 saturated carbocycles. The van der Waals surface area contributed by atoms with Crippen molar-refractivity contribution in [1.82, 2.24) is 0 Å². The van der Waals surface area contributed by atoms with Gasteiger partial charge in [0.1, 0.15) is 5.75 Å². The number of ether oxygens (including phenoxy) is 4. The molecule has 1 aliphatic rings. The van der Waals surface area contributed by atoms with Gasteiger partial charge in [-0.1, -0.05) is 19.4 Å². The Hall–Kier alpha value is -1.85. The van der Waals surface area contributed by atoms with E-state index in [2.05, 4.69) is 13.0 Å². The first-order valence-electron chi connectivity index (χ1n) is 7.50. The van der Waals surface area contributed by atoms with Crippen molar-refractivity contribution < 1.29 is 23.7 Å². The third kappa shape index (κ3) is 3.67. The average Bonchev–Trinajstić information content (AvgIpc) is 2.89. The van der Waals surface area contributed by atoms with Gasteiger partial charge in [-0.3, -0.25) is 0 Å². The van der Waals surface area contributed by atoms with Crippen LogP contribution >= 0.6 is 0 Å². The fraction of sp³-hybridized carbons (Fsp3) is 0.471. The second-order valence-electron chi connectivity index (χ2n) is 4.88. The number of carbonyl (C=O) groups excluding carboxylic acids is 1. The lowest BCUT2D eigenvalue weighted by molar-refractivity contribution is -0.124. The predicted octanol–water partition coefficient (Wildman–Crippen LogP) is 3.39. The Kier molecular flexibility index (Phi) is 5.98. The number of hydrogen-bond donors (Lipinski definition) is 0. The second-order valence-corrected chi connectivity index (χ2v) is 4.88. The number of hydrogen-bond acceptors (Lipinski definition) is 5. The number of benzene rings is 1. The first-order chi connectivity index (χ1) is 10.7. The summed E-state index contributed by atoms with van der Waals surface area (Å²) in [6.45, 7) is 4.77. The molecule has 0 saturated heterocycles. The van der Waals surface area contributed by atoms with Crippen LogP contribution in [0, 0.1) is 0 Å². The molecule has 22 heavy (non-hydrogen) atoms. The zero-order valence-corrected chi connectivity index (χ0v) is 13.3. The lowest BCUT2D eigenvalue weighted by Gasteiger charge is -2.13. The summed E-state index contributed by atoms with van der Waals surface area (Å²) < 4.78 is 21.4. The summed E-state index contributed by atoms with van der Waals surface area (Å²) in [5.41, 5.74) is 2.30. The molecular formula is C17H22O5. The molecule has 5 nitrogen and oxygen atoms in total. The Bertz CT molecular complexity index is 550. The van der Waals surface area contributed by atoms with Crippen LogP contribution in [0.1, 0.15) is 42.6 Å². The number of fused-ring (bicyclic) bond motifs is 1. The zero-order valence-electron chi connectivity index (χ0n) is 13.3. The molecule has 1 aliphatic heterocycles. The monoisotopic (exact) mass is 306 g/mol. The quantitative estimate of drug-likeness (QED) is 0.439. The van der Waals surface area contributed by atoms with E-state index in [1.165, 1.54) is 7.11 Å². The SMILES string of the molecule is CCC/C=C1/c2cc(C(=O)OC)ccc2OC1OCOCC. The molecule has 1 unspecified atom stereocenters. The number of esters is 1. The van der Waals surface area contributed by atoms with Crippen LogP contribution in [0.5, 0.6) is 5.75 Å². The summed E-state index contributed by atoms with van der Waals surface area (Å²) in [6, 6.07) is 5.24. The van der Waals surface area contributed by atoms with Crippen molar-refractivity contribution in [2.45, 2.75) is 33.0 Å². The maximum Gasteiger partial charge on any atom is 0.337 e. The molecule has 1 aromatic carbocycles. The van der Waals surface area contributed by atoms with Gasteiger partial charge < -0.3 is 18.9 Å². The maximum absolute atomic E-state index is 11.7. The summed E-state index contributed by atoms with van der Waals surface area (Å²) in [5.74, 6) is 0.341. The molecule has 1 aromatic rings. The molecule has 0 radical (unpaired) electrons. The van der Waals surface area contributed by atoms with Crippen molar-refractivity contribution >= 4 is 11.5 Å². The van der Waals surface area contributed by atoms with Crippen molar-refractivity contribution in [3.63, 3.8) is 0 Å². The Morgan fingerprint density at radius 2 is 2.18 bits per heavy atom. The highest BCUT2D eigenvalue weighted by atomic mass is 16.7. The molecule has 1 atom stereocenters. The molecule has 0 aliphatic carbocycles. The van der Waals surface area contributed by atoms with Gasteiger partial charge in [0, 0.05) is 17.7 Å². The molecule has 0 fully saturated rings. The van der Waals surface area contributed by atoms with Gasteiger partial charge in [-0.05, 0) is 31.5 Å². The van der Waals surface area contributed by atoms with Gasteiger partial charge in [0.05, 0.1) is 12.7 Å². The summed E-state index contributed by atoms with van der Waals surface area (Å²) in [4.78, 5) is 11.7. The minimum absolute atomic E-state index is 0.169. The van der Waals surface area contributed by atoms with Crippen LogP contribution < -0.4 is 4.74 Å². The summed E-state index contributed by atoms with van der Waals surface area (Å²) in [6.07, 6.45) is 3.52. The van der Waals surface area contributed by atoms with Gasteiger partial charge in [-0.15, -0.1) is 0 Å². The first kappa shape index (κ1) is 16.5. The number of carbonyl (C=O) groups is 1. The number of methoxy groups -OCH3 is 1. The van der Waals surface area contributed by atoms with Crippen molar-refractivity contribution in [3.8, 4) is 5.75 Å². The summed E-state index contributed by atoms with van der Waals surface area (Å²) >= 11 is 0. The Morgan fingerprint density at radius 3 is 2.86 bits per heavy atom. The van der Waals surface area contributed by atoms with E-state index in [0.717, 1.165) is 24.0 Å². The van der Waals surface area contributed by atoms with Crippen molar-refractivity contribution in [2.24, 2.45) is 0 Å². The summed E-state index contributed by atoms with van der Waals surface area (Å²) in [5, 5.41) is 0. The standard InChI is InChI=1S/C17H22O5/c1-4-6-7-13-14-10-12(16(18)19-3)8-9-15(14)22-17(13)21-11-20-5-2/h7-10,17H,4-6,11H2,1-3H3/b13-7-. The van der Waals surface area contributed by atoms with Crippen molar-refractivity contribution in [2.75, 3.05) is 20.5 Å². The van der Waals surface area contributed by atoms with Gasteiger partial charge in [0.25, 0.3) is 0 Å². The molecule has 5 heteroatoms. The van der Waals surface area contributed by atoms with Crippen LogP contribution in [0.3, 0.4) is 0 Å². The van der Waals surface area contributed by atoms with Gasteiger partial charge in [-0.2, -0.15) is 0 Å². The van der Waals surface area contributed by atoms with E-state index in [-0.39, 0.29) is 12.8 Å².